The van der Waals surface area contributed by atoms with Crippen molar-refractivity contribution >= 4 is 17.5 Å². The number of ether oxygens (including phenoxy) is 2. The molecule has 2 aromatic carbocycles. The third kappa shape index (κ3) is 7.39. The van der Waals surface area contributed by atoms with E-state index in [1.54, 1.807) is 0 Å². The second kappa shape index (κ2) is 13.2. The van der Waals surface area contributed by atoms with Gasteiger partial charge in [-0.3, -0.25) is 9.59 Å². The van der Waals surface area contributed by atoms with Gasteiger partial charge in [0.1, 0.15) is 18.1 Å². The molecule has 1 aliphatic rings. The fourth-order valence-electron chi connectivity index (χ4n) is 4.53. The normalized spacial score (nSPS) is 17.1. The molecule has 0 unspecified atom stereocenters. The molecule has 0 aromatic heterocycles. The lowest BCUT2D eigenvalue weighted by Crippen LogP contribution is -2.47. The number of carbonyl (C=O) groups excluding carboxylic acids is 2. The van der Waals surface area contributed by atoms with Gasteiger partial charge in [0.25, 0.3) is 11.8 Å². The summed E-state index contributed by atoms with van der Waals surface area (Å²) in [5, 5.41) is 0. The number of fused-ring (bicyclic) bond motifs is 1. The first-order valence-electron chi connectivity index (χ1n) is 13.0. The SMILES string of the molecule is CCN1CCCCN(C(=O)COc2cccc(N(C)C)c2)[C@@H](CC(C)C)COc2ccccc2C1=O. The third-order valence-corrected chi connectivity index (χ3v) is 6.50. The molecule has 1 heterocycles. The molecule has 0 bridgehead atoms. The molecule has 2 aromatic rings. The fraction of sp³-hybridized carbons (Fsp3) is 0.517. The van der Waals surface area contributed by atoms with Gasteiger partial charge in [-0.2, -0.15) is 0 Å². The van der Waals surface area contributed by atoms with Gasteiger partial charge in [-0.25, -0.2) is 0 Å². The van der Waals surface area contributed by atoms with Crippen LogP contribution in [0, 0.1) is 5.92 Å². The maximum atomic E-state index is 13.5. The number of hydrogen-bond donors (Lipinski definition) is 0. The number of benzene rings is 2. The molecule has 0 N–H and O–H groups in total. The van der Waals surface area contributed by atoms with Crippen molar-refractivity contribution in [2.24, 2.45) is 5.92 Å². The van der Waals surface area contributed by atoms with E-state index in [1.165, 1.54) is 0 Å². The van der Waals surface area contributed by atoms with Crippen LogP contribution in [0.1, 0.15) is 50.4 Å². The monoisotopic (exact) mass is 495 g/mol. The number of nitrogens with zero attached hydrogens (tertiary/aromatic N) is 3. The molecule has 7 nitrogen and oxygen atoms in total. The van der Waals surface area contributed by atoms with Crippen LogP contribution >= 0.6 is 0 Å². The zero-order chi connectivity index (χ0) is 26.1. The Kier molecular flexibility index (Phi) is 10.0. The Hall–Kier alpha value is -3.22. The molecule has 0 saturated carbocycles. The van der Waals surface area contributed by atoms with E-state index in [1.807, 2.05) is 84.2 Å². The van der Waals surface area contributed by atoms with E-state index in [0.717, 1.165) is 24.9 Å². The summed E-state index contributed by atoms with van der Waals surface area (Å²) in [6.07, 6.45) is 2.44. The van der Waals surface area contributed by atoms with Crippen molar-refractivity contribution in [1.82, 2.24) is 9.80 Å². The van der Waals surface area contributed by atoms with Gasteiger partial charge in [0.05, 0.1) is 11.6 Å². The number of rotatable bonds is 7. The Labute approximate surface area is 216 Å². The van der Waals surface area contributed by atoms with E-state index in [2.05, 4.69) is 13.8 Å². The fourth-order valence-corrected chi connectivity index (χ4v) is 4.53. The average molecular weight is 496 g/mol. The first-order chi connectivity index (χ1) is 17.3. The molecule has 1 aliphatic heterocycles. The Bertz CT molecular complexity index is 1010. The highest BCUT2D eigenvalue weighted by Crippen LogP contribution is 2.24. The first kappa shape index (κ1) is 27.4. The minimum Gasteiger partial charge on any atom is -0.491 e. The van der Waals surface area contributed by atoms with Gasteiger partial charge in [0.15, 0.2) is 6.61 Å². The largest absolute Gasteiger partial charge is 0.491 e. The zero-order valence-electron chi connectivity index (χ0n) is 22.4. The number of amides is 2. The molecule has 0 fully saturated rings. The molecule has 0 spiro atoms. The van der Waals surface area contributed by atoms with E-state index in [9.17, 15) is 9.59 Å². The molecule has 196 valence electrons. The molecule has 2 amide bonds. The first-order valence-corrected chi connectivity index (χ1v) is 13.0. The van der Waals surface area contributed by atoms with E-state index in [4.69, 9.17) is 9.47 Å². The minimum atomic E-state index is -0.112. The van der Waals surface area contributed by atoms with E-state index in [0.29, 0.717) is 49.2 Å². The predicted molar refractivity (Wildman–Crippen MR) is 144 cm³/mol. The molecule has 36 heavy (non-hydrogen) atoms. The van der Waals surface area contributed by atoms with Gasteiger partial charge in [0.2, 0.25) is 0 Å². The highest BCUT2D eigenvalue weighted by atomic mass is 16.5. The van der Waals surface area contributed by atoms with Gasteiger partial charge < -0.3 is 24.2 Å². The van der Waals surface area contributed by atoms with Crippen LogP contribution in [0.5, 0.6) is 11.5 Å². The lowest BCUT2D eigenvalue weighted by atomic mass is 10.0. The highest BCUT2D eigenvalue weighted by molar-refractivity contribution is 5.97. The maximum Gasteiger partial charge on any atom is 0.260 e. The van der Waals surface area contributed by atoms with Crippen LogP contribution in [0.2, 0.25) is 0 Å². The molecular formula is C29H41N3O4. The summed E-state index contributed by atoms with van der Waals surface area (Å²) in [5.74, 6) is 1.57. The predicted octanol–water partition coefficient (Wildman–Crippen LogP) is 4.71. The van der Waals surface area contributed by atoms with Gasteiger partial charge in [-0.15, -0.1) is 0 Å². The second-order valence-electron chi connectivity index (χ2n) is 9.95. The summed E-state index contributed by atoms with van der Waals surface area (Å²) in [7, 11) is 3.95. The smallest absolute Gasteiger partial charge is 0.260 e. The molecule has 7 heteroatoms. The Balaban J connectivity index is 1.81. The molecule has 0 saturated heterocycles. The van der Waals surface area contributed by atoms with Crippen LogP contribution < -0.4 is 14.4 Å². The third-order valence-electron chi connectivity index (χ3n) is 6.50. The summed E-state index contributed by atoms with van der Waals surface area (Å²) >= 11 is 0. The minimum absolute atomic E-state index is 0.00429. The summed E-state index contributed by atoms with van der Waals surface area (Å²) in [6, 6.07) is 15.0. The van der Waals surface area contributed by atoms with E-state index in [-0.39, 0.29) is 24.5 Å². The van der Waals surface area contributed by atoms with E-state index >= 15 is 0 Å². The maximum absolute atomic E-state index is 13.5. The lowest BCUT2D eigenvalue weighted by molar-refractivity contribution is -0.137. The molecule has 0 radical (unpaired) electrons. The highest BCUT2D eigenvalue weighted by Gasteiger charge is 2.27. The Morgan fingerprint density at radius 1 is 1.11 bits per heavy atom. The van der Waals surface area contributed by atoms with Gasteiger partial charge >= 0.3 is 0 Å². The summed E-state index contributed by atoms with van der Waals surface area (Å²) in [6.45, 7) is 8.48. The molecule has 0 aliphatic carbocycles. The molecule has 1 atom stereocenters. The van der Waals surface area contributed by atoms with Crippen molar-refractivity contribution in [3.8, 4) is 11.5 Å². The average Bonchev–Trinajstić information content (AvgIpc) is 2.86. The van der Waals surface area contributed by atoms with Crippen LogP contribution in [-0.4, -0.2) is 74.6 Å². The van der Waals surface area contributed by atoms with Crippen LogP contribution in [0.4, 0.5) is 5.69 Å². The number of hydrogen-bond acceptors (Lipinski definition) is 5. The quantitative estimate of drug-likeness (QED) is 0.557. The number of carbonyl (C=O) groups is 2. The van der Waals surface area contributed by atoms with Crippen LogP contribution in [-0.2, 0) is 4.79 Å². The lowest BCUT2D eigenvalue weighted by Gasteiger charge is -2.34. The summed E-state index contributed by atoms with van der Waals surface area (Å²) in [4.78, 5) is 32.4. The van der Waals surface area contributed by atoms with Gasteiger partial charge in [0, 0.05) is 45.5 Å². The van der Waals surface area contributed by atoms with Crippen molar-refractivity contribution < 1.29 is 19.1 Å². The summed E-state index contributed by atoms with van der Waals surface area (Å²) in [5.41, 5.74) is 1.59. The Morgan fingerprint density at radius 3 is 2.58 bits per heavy atom. The molecular weight excluding hydrogens is 454 g/mol. The van der Waals surface area contributed by atoms with Gasteiger partial charge in [-0.05, 0) is 56.4 Å². The van der Waals surface area contributed by atoms with Crippen molar-refractivity contribution in [3.05, 3.63) is 54.1 Å². The standard InChI is InChI=1S/C29H41N3O4/c1-6-31-16-9-10-17-32(28(33)21-35-25-13-11-12-23(19-25)30(4)5)24(18-22(2)3)20-36-27-15-8-7-14-26(27)29(31)34/h7-8,11-15,19,22,24H,6,9-10,16-18,20-21H2,1-5H3/t24-/m0/s1. The van der Waals surface area contributed by atoms with Gasteiger partial charge in [-0.1, -0.05) is 32.0 Å². The second-order valence-corrected chi connectivity index (χ2v) is 9.95. The molecule has 3 rings (SSSR count). The van der Waals surface area contributed by atoms with Crippen LogP contribution in [0.25, 0.3) is 0 Å². The zero-order valence-corrected chi connectivity index (χ0v) is 22.4. The van der Waals surface area contributed by atoms with Crippen LogP contribution in [0.3, 0.4) is 0 Å². The van der Waals surface area contributed by atoms with E-state index < -0.39 is 0 Å². The number of para-hydroxylation sites is 1. The van der Waals surface area contributed by atoms with Crippen molar-refractivity contribution in [3.63, 3.8) is 0 Å². The topological polar surface area (TPSA) is 62.3 Å². The Morgan fingerprint density at radius 2 is 1.86 bits per heavy atom. The van der Waals surface area contributed by atoms with Crippen LogP contribution in [0.15, 0.2) is 48.5 Å². The van der Waals surface area contributed by atoms with Crippen molar-refractivity contribution in [1.29, 1.82) is 0 Å². The van der Waals surface area contributed by atoms with Crippen molar-refractivity contribution in [2.75, 3.05) is 51.8 Å². The summed E-state index contributed by atoms with van der Waals surface area (Å²) < 4.78 is 12.2. The van der Waals surface area contributed by atoms with Crippen molar-refractivity contribution in [2.45, 2.75) is 46.1 Å². The number of anilines is 1.